The number of rotatable bonds is 4. The number of nitrogens with one attached hydrogen (secondary N) is 1. The molecule has 2 N–H and O–H groups in total. The number of hydrogen-bond donors (Lipinski definition) is 2. The van der Waals surface area contributed by atoms with Gasteiger partial charge in [-0.05, 0) is 34.1 Å². The Labute approximate surface area is 126 Å². The van der Waals surface area contributed by atoms with Crippen molar-refractivity contribution in [3.05, 3.63) is 28.2 Å². The van der Waals surface area contributed by atoms with Crippen LogP contribution in [0.25, 0.3) is 0 Å². The fourth-order valence-corrected chi connectivity index (χ4v) is 1.72. The molecule has 0 spiro atoms. The van der Waals surface area contributed by atoms with Gasteiger partial charge in [-0.15, -0.1) is 0 Å². The van der Waals surface area contributed by atoms with Crippen molar-refractivity contribution < 1.29 is 27.9 Å². The van der Waals surface area contributed by atoms with Crippen molar-refractivity contribution in [2.24, 2.45) is 0 Å². The molecule has 0 saturated heterocycles. The lowest BCUT2D eigenvalue weighted by Crippen LogP contribution is -2.33. The van der Waals surface area contributed by atoms with Crippen molar-refractivity contribution in [2.75, 3.05) is 18.9 Å². The van der Waals surface area contributed by atoms with Gasteiger partial charge in [0.25, 0.3) is 0 Å². The predicted octanol–water partition coefficient (Wildman–Crippen LogP) is 3.41. The van der Waals surface area contributed by atoms with E-state index in [1.165, 1.54) is 13.1 Å². The van der Waals surface area contributed by atoms with Gasteiger partial charge < -0.3 is 15.3 Å². The zero-order valence-corrected chi connectivity index (χ0v) is 12.5. The number of alkyl halides is 3. The normalized spacial score (nSPS) is 11.1. The Morgan fingerprint density at radius 3 is 2.52 bits per heavy atom. The molecule has 0 bridgehead atoms. The van der Waals surface area contributed by atoms with Crippen molar-refractivity contribution in [3.8, 4) is 0 Å². The lowest BCUT2D eigenvalue weighted by Gasteiger charge is -2.18. The number of carbonyl (C=O) groups excluding carboxylic acids is 1. The summed E-state index contributed by atoms with van der Waals surface area (Å²) >= 11 is 3.04. The number of amides is 2. The number of anilines is 1. The molecule has 1 aromatic rings. The largest absolute Gasteiger partial charge is 0.481 e. The van der Waals surface area contributed by atoms with Crippen LogP contribution in [-0.2, 0) is 11.0 Å². The fraction of sp³-hybridized carbons (Fsp3) is 0.333. The van der Waals surface area contributed by atoms with Gasteiger partial charge in [0.2, 0.25) is 0 Å². The number of nitrogens with zero attached hydrogens (tertiary/aromatic N) is 1. The molecule has 1 aromatic carbocycles. The minimum Gasteiger partial charge on any atom is -0.481 e. The SMILES string of the molecule is CN(CCC(=O)O)C(=O)Nc1cc(C(F)(F)F)ccc1Br. The van der Waals surface area contributed by atoms with E-state index < -0.39 is 23.7 Å². The molecular weight excluding hydrogens is 357 g/mol. The summed E-state index contributed by atoms with van der Waals surface area (Å²) in [6.45, 7) is -0.0578. The summed E-state index contributed by atoms with van der Waals surface area (Å²) in [4.78, 5) is 23.2. The summed E-state index contributed by atoms with van der Waals surface area (Å²) in [5, 5.41) is 10.8. The van der Waals surface area contributed by atoms with Gasteiger partial charge >= 0.3 is 18.2 Å². The molecule has 116 valence electrons. The molecule has 0 aromatic heterocycles. The van der Waals surface area contributed by atoms with Crippen molar-refractivity contribution in [2.45, 2.75) is 12.6 Å². The molecule has 0 aliphatic rings. The molecular formula is C12H12BrF3N2O3. The zero-order chi connectivity index (χ0) is 16.2. The summed E-state index contributed by atoms with van der Waals surface area (Å²) in [5.41, 5.74) is -0.939. The van der Waals surface area contributed by atoms with Crippen molar-refractivity contribution in [3.63, 3.8) is 0 Å². The Morgan fingerprint density at radius 1 is 1.38 bits per heavy atom. The van der Waals surface area contributed by atoms with Crippen LogP contribution in [0.15, 0.2) is 22.7 Å². The molecule has 0 saturated carbocycles. The lowest BCUT2D eigenvalue weighted by atomic mass is 10.2. The van der Waals surface area contributed by atoms with Gasteiger partial charge in [0.15, 0.2) is 0 Å². The predicted molar refractivity (Wildman–Crippen MR) is 73.0 cm³/mol. The van der Waals surface area contributed by atoms with Crippen molar-refractivity contribution >= 4 is 33.6 Å². The van der Waals surface area contributed by atoms with E-state index in [1.807, 2.05) is 0 Å². The van der Waals surface area contributed by atoms with E-state index in [0.717, 1.165) is 17.0 Å². The average molecular weight is 369 g/mol. The van der Waals surface area contributed by atoms with Crippen molar-refractivity contribution in [1.82, 2.24) is 4.90 Å². The Balaban J connectivity index is 2.82. The van der Waals surface area contributed by atoms with Crippen LogP contribution >= 0.6 is 15.9 Å². The second-order valence-electron chi connectivity index (χ2n) is 4.19. The van der Waals surface area contributed by atoms with E-state index in [9.17, 15) is 22.8 Å². The first-order valence-corrected chi connectivity index (χ1v) is 6.51. The first-order chi connectivity index (χ1) is 9.61. The minimum absolute atomic E-state index is 0.0444. The molecule has 1 rings (SSSR count). The Kier molecular flexibility index (Phi) is 5.59. The fourth-order valence-electron chi connectivity index (χ4n) is 1.37. The zero-order valence-electron chi connectivity index (χ0n) is 10.9. The number of carbonyl (C=O) groups is 2. The molecule has 0 fully saturated rings. The standard InChI is InChI=1S/C12H12BrF3N2O3/c1-18(5-4-10(19)20)11(21)17-9-6-7(12(14,15)16)2-3-8(9)13/h2-3,6H,4-5H2,1H3,(H,17,21)(H,19,20). The van der Waals surface area contributed by atoms with E-state index in [0.29, 0.717) is 0 Å². The molecule has 0 unspecified atom stereocenters. The highest BCUT2D eigenvalue weighted by atomic mass is 79.9. The third kappa shape index (κ3) is 5.25. The Bertz CT molecular complexity index is 549. The molecule has 5 nitrogen and oxygen atoms in total. The average Bonchev–Trinajstić information content (AvgIpc) is 2.36. The monoisotopic (exact) mass is 368 g/mol. The second kappa shape index (κ2) is 6.79. The quantitative estimate of drug-likeness (QED) is 0.855. The molecule has 0 heterocycles. The van der Waals surface area contributed by atoms with Gasteiger partial charge in [-0.25, -0.2) is 4.79 Å². The summed E-state index contributed by atoms with van der Waals surface area (Å²) in [5.74, 6) is -1.07. The van der Waals surface area contributed by atoms with Crippen LogP contribution in [-0.4, -0.2) is 35.6 Å². The number of carboxylic acids is 1. The summed E-state index contributed by atoms with van der Waals surface area (Å²) in [6, 6.07) is 2.16. The van der Waals surface area contributed by atoms with Crippen LogP contribution in [0.1, 0.15) is 12.0 Å². The number of benzene rings is 1. The molecule has 0 aliphatic carbocycles. The molecule has 0 radical (unpaired) electrons. The highest BCUT2D eigenvalue weighted by Gasteiger charge is 2.31. The number of halogens is 4. The van der Waals surface area contributed by atoms with Crippen LogP contribution < -0.4 is 5.32 Å². The summed E-state index contributed by atoms with van der Waals surface area (Å²) in [6.07, 6.45) is -4.77. The maximum Gasteiger partial charge on any atom is 0.416 e. The number of carboxylic acid groups (broad SMARTS) is 1. The Morgan fingerprint density at radius 2 is 2.00 bits per heavy atom. The van der Waals surface area contributed by atoms with E-state index >= 15 is 0 Å². The number of hydrogen-bond acceptors (Lipinski definition) is 2. The molecule has 2 amide bonds. The maximum atomic E-state index is 12.6. The molecule has 21 heavy (non-hydrogen) atoms. The molecule has 0 atom stereocenters. The van der Waals surface area contributed by atoms with Crippen LogP contribution in [0.4, 0.5) is 23.7 Å². The van der Waals surface area contributed by atoms with Gasteiger partial charge in [0, 0.05) is 18.1 Å². The summed E-state index contributed by atoms with van der Waals surface area (Å²) < 4.78 is 38.1. The van der Waals surface area contributed by atoms with E-state index in [-0.39, 0.29) is 23.1 Å². The van der Waals surface area contributed by atoms with Crippen LogP contribution in [0.2, 0.25) is 0 Å². The highest BCUT2D eigenvalue weighted by molar-refractivity contribution is 9.10. The second-order valence-corrected chi connectivity index (χ2v) is 5.04. The van der Waals surface area contributed by atoms with Crippen LogP contribution in [0, 0.1) is 0 Å². The smallest absolute Gasteiger partial charge is 0.416 e. The van der Waals surface area contributed by atoms with Gasteiger partial charge in [-0.1, -0.05) is 0 Å². The van der Waals surface area contributed by atoms with Crippen molar-refractivity contribution in [1.29, 1.82) is 0 Å². The van der Waals surface area contributed by atoms with Crippen LogP contribution in [0.5, 0.6) is 0 Å². The third-order valence-corrected chi connectivity index (χ3v) is 3.23. The van der Waals surface area contributed by atoms with Crippen LogP contribution in [0.3, 0.4) is 0 Å². The van der Waals surface area contributed by atoms with Gasteiger partial charge in [0.1, 0.15) is 0 Å². The van der Waals surface area contributed by atoms with Gasteiger partial charge in [-0.3, -0.25) is 4.79 Å². The van der Waals surface area contributed by atoms with Gasteiger partial charge in [0.05, 0.1) is 17.7 Å². The molecule has 0 aliphatic heterocycles. The van der Waals surface area contributed by atoms with Gasteiger partial charge in [-0.2, -0.15) is 13.2 Å². The van der Waals surface area contributed by atoms with E-state index in [4.69, 9.17) is 5.11 Å². The first kappa shape index (κ1) is 17.3. The molecule has 9 heteroatoms. The summed E-state index contributed by atoms with van der Waals surface area (Å²) in [7, 11) is 1.35. The van der Waals surface area contributed by atoms with E-state index in [1.54, 1.807) is 0 Å². The topological polar surface area (TPSA) is 69.6 Å². The third-order valence-electron chi connectivity index (χ3n) is 2.54. The van der Waals surface area contributed by atoms with E-state index in [2.05, 4.69) is 21.2 Å². The Hall–Kier alpha value is -1.77. The maximum absolute atomic E-state index is 12.6. The number of urea groups is 1. The number of aliphatic carboxylic acids is 1. The highest BCUT2D eigenvalue weighted by Crippen LogP contribution is 2.34. The first-order valence-electron chi connectivity index (χ1n) is 5.72. The lowest BCUT2D eigenvalue weighted by molar-refractivity contribution is -0.138. The minimum atomic E-state index is -4.52.